The van der Waals surface area contributed by atoms with Gasteiger partial charge in [0, 0.05) is 11.6 Å². The summed E-state index contributed by atoms with van der Waals surface area (Å²) in [4.78, 5) is 0. The van der Waals surface area contributed by atoms with E-state index in [1.54, 1.807) is 30.7 Å². The molecule has 154 valence electrons. The normalized spacial score (nSPS) is 13.1. The zero-order valence-electron chi connectivity index (χ0n) is 15.9. The molecule has 4 nitrogen and oxygen atoms in total. The maximum atomic E-state index is 14.4. The van der Waals surface area contributed by atoms with Crippen molar-refractivity contribution >= 4 is 5.82 Å². The van der Waals surface area contributed by atoms with Crippen LogP contribution in [-0.2, 0) is 4.74 Å². The number of aromatic nitrogens is 2. The molecule has 1 aromatic heterocycles. The van der Waals surface area contributed by atoms with Gasteiger partial charge in [0.25, 0.3) is 0 Å². The number of hydrogen-bond donors (Lipinski definition) is 1. The minimum absolute atomic E-state index is 0.239. The molecule has 29 heavy (non-hydrogen) atoms. The van der Waals surface area contributed by atoms with Crippen LogP contribution in [-0.4, -0.2) is 22.6 Å². The van der Waals surface area contributed by atoms with E-state index in [1.165, 1.54) is 12.1 Å². The molecule has 8 heteroatoms. The number of ether oxygens (including phenoxy) is 1. The lowest BCUT2D eigenvalue weighted by molar-refractivity contribution is -0.190. The van der Waals surface area contributed by atoms with Crippen molar-refractivity contribution in [2.24, 2.45) is 5.92 Å². The molecule has 2 aromatic carbocycles. The number of benzene rings is 2. The summed E-state index contributed by atoms with van der Waals surface area (Å²) in [6.45, 7) is 2.03. The first kappa shape index (κ1) is 20.9. The zero-order chi connectivity index (χ0) is 21.2. The van der Waals surface area contributed by atoms with Crippen LogP contribution in [0.4, 0.5) is 23.4 Å². The molecule has 1 heterocycles. The van der Waals surface area contributed by atoms with Crippen LogP contribution in [0.3, 0.4) is 0 Å². The molecule has 1 atom stereocenters. The highest BCUT2D eigenvalue weighted by molar-refractivity contribution is 5.66. The van der Waals surface area contributed by atoms with Crippen molar-refractivity contribution in [2.75, 3.05) is 12.3 Å². The van der Waals surface area contributed by atoms with Crippen LogP contribution >= 0.6 is 0 Å². The monoisotopic (exact) mass is 407 g/mol. The van der Waals surface area contributed by atoms with E-state index in [4.69, 9.17) is 10.5 Å². The van der Waals surface area contributed by atoms with Crippen LogP contribution in [0, 0.1) is 11.7 Å². The highest BCUT2D eigenvalue weighted by Gasteiger charge is 2.31. The van der Waals surface area contributed by atoms with Crippen molar-refractivity contribution in [3.8, 4) is 16.9 Å². The maximum absolute atomic E-state index is 14.4. The number of alkyl halides is 3. The lowest BCUT2D eigenvalue weighted by Crippen LogP contribution is -2.22. The summed E-state index contributed by atoms with van der Waals surface area (Å²) < 4.78 is 59.0. The van der Waals surface area contributed by atoms with E-state index in [-0.39, 0.29) is 11.7 Å². The lowest BCUT2D eigenvalue weighted by Gasteiger charge is -2.23. The van der Waals surface area contributed by atoms with Gasteiger partial charge in [-0.1, -0.05) is 32.0 Å². The lowest BCUT2D eigenvalue weighted by atomic mass is 9.96. The van der Waals surface area contributed by atoms with Gasteiger partial charge in [0.1, 0.15) is 18.2 Å². The van der Waals surface area contributed by atoms with E-state index in [0.717, 1.165) is 5.69 Å². The average molecular weight is 407 g/mol. The molecule has 0 amide bonds. The van der Waals surface area contributed by atoms with Crippen LogP contribution in [0.15, 0.2) is 54.6 Å². The first-order chi connectivity index (χ1) is 13.6. The Labute approximate surface area is 165 Å². The van der Waals surface area contributed by atoms with Crippen molar-refractivity contribution in [3.63, 3.8) is 0 Å². The van der Waals surface area contributed by atoms with Gasteiger partial charge >= 0.3 is 6.18 Å². The van der Waals surface area contributed by atoms with Crippen LogP contribution in [0.5, 0.6) is 0 Å². The van der Waals surface area contributed by atoms with Gasteiger partial charge in [-0.3, -0.25) is 0 Å². The van der Waals surface area contributed by atoms with Crippen molar-refractivity contribution in [2.45, 2.75) is 26.1 Å². The molecule has 0 aliphatic rings. The number of para-hydroxylation sites is 1. The Balaban J connectivity index is 2.04. The van der Waals surface area contributed by atoms with Gasteiger partial charge in [0.2, 0.25) is 0 Å². The Morgan fingerprint density at radius 3 is 2.38 bits per heavy atom. The van der Waals surface area contributed by atoms with E-state index in [0.29, 0.717) is 16.8 Å². The summed E-state index contributed by atoms with van der Waals surface area (Å²) in [7, 11) is 0. The fraction of sp³-hybridized carbons (Fsp3) is 0.286. The molecular formula is C21H21F4N3O. The van der Waals surface area contributed by atoms with Gasteiger partial charge in [0.15, 0.2) is 0 Å². The van der Waals surface area contributed by atoms with Gasteiger partial charge in [-0.2, -0.15) is 18.3 Å². The molecule has 1 unspecified atom stereocenters. The molecule has 3 rings (SSSR count). The molecule has 0 fully saturated rings. The Morgan fingerprint density at radius 1 is 1.07 bits per heavy atom. The quantitative estimate of drug-likeness (QED) is 0.546. The molecule has 3 aromatic rings. The van der Waals surface area contributed by atoms with Crippen LogP contribution in [0.2, 0.25) is 0 Å². The molecule has 0 radical (unpaired) electrons. The maximum Gasteiger partial charge on any atom is 0.411 e. The number of rotatable bonds is 6. The number of hydrogen-bond acceptors (Lipinski definition) is 3. The second-order valence-electron chi connectivity index (χ2n) is 7.07. The number of nitrogens with zero attached hydrogens (tertiary/aromatic N) is 2. The summed E-state index contributed by atoms with van der Waals surface area (Å²) in [5.41, 5.74) is 7.86. The van der Waals surface area contributed by atoms with Crippen molar-refractivity contribution < 1.29 is 22.3 Å². The van der Waals surface area contributed by atoms with E-state index < -0.39 is 24.7 Å². The molecular weight excluding hydrogens is 386 g/mol. The van der Waals surface area contributed by atoms with E-state index in [2.05, 4.69) is 5.10 Å². The molecule has 0 bridgehead atoms. The Bertz CT molecular complexity index is 968. The molecule has 0 aliphatic carbocycles. The van der Waals surface area contributed by atoms with E-state index >= 15 is 0 Å². The fourth-order valence-electron chi connectivity index (χ4n) is 3.15. The van der Waals surface area contributed by atoms with Gasteiger partial charge in [0.05, 0.1) is 17.5 Å². The number of anilines is 1. The van der Waals surface area contributed by atoms with Gasteiger partial charge in [-0.25, -0.2) is 9.07 Å². The minimum atomic E-state index is -4.47. The smallest absolute Gasteiger partial charge is 0.382 e. The third kappa shape index (κ3) is 5.14. The van der Waals surface area contributed by atoms with Gasteiger partial charge in [-0.15, -0.1) is 0 Å². The second-order valence-corrected chi connectivity index (χ2v) is 7.07. The van der Waals surface area contributed by atoms with Crippen LogP contribution in [0.1, 0.15) is 25.5 Å². The minimum Gasteiger partial charge on any atom is -0.382 e. The molecule has 2 N–H and O–H groups in total. The standard InChI is InChI=1S/C21H21F4N3O/c1-13(2)20(29-12-21(23,24)25)15-8-14(9-16(22)10-15)18-11-19(26)27-28(18)17-6-4-3-5-7-17/h3-11,13,20H,12H2,1-2H3,(H2,26,27). The summed E-state index contributed by atoms with van der Waals surface area (Å²) in [5, 5.41) is 4.26. The van der Waals surface area contributed by atoms with Crippen molar-refractivity contribution in [1.29, 1.82) is 0 Å². The third-order valence-electron chi connectivity index (χ3n) is 4.31. The highest BCUT2D eigenvalue weighted by atomic mass is 19.4. The van der Waals surface area contributed by atoms with E-state index in [9.17, 15) is 17.6 Å². The van der Waals surface area contributed by atoms with Gasteiger partial charge < -0.3 is 10.5 Å². The number of nitrogen functional groups attached to an aromatic ring is 1. The highest BCUT2D eigenvalue weighted by Crippen LogP contribution is 2.33. The third-order valence-corrected chi connectivity index (χ3v) is 4.31. The molecule has 0 saturated heterocycles. The Morgan fingerprint density at radius 2 is 1.76 bits per heavy atom. The van der Waals surface area contributed by atoms with Crippen molar-refractivity contribution in [1.82, 2.24) is 9.78 Å². The summed E-state index contributed by atoms with van der Waals surface area (Å²) in [5.74, 6) is -0.641. The molecule has 0 spiro atoms. The first-order valence-corrected chi connectivity index (χ1v) is 9.04. The summed E-state index contributed by atoms with van der Waals surface area (Å²) in [6, 6.07) is 14.8. The number of halogens is 4. The summed E-state index contributed by atoms with van der Waals surface area (Å²) in [6.07, 6.45) is -5.39. The molecule has 0 aliphatic heterocycles. The Hall–Kier alpha value is -2.87. The fourth-order valence-corrected chi connectivity index (χ4v) is 3.15. The first-order valence-electron chi connectivity index (χ1n) is 9.04. The SMILES string of the molecule is CC(C)C(OCC(F)(F)F)c1cc(F)cc(-c2cc(N)nn2-c2ccccc2)c1. The average Bonchev–Trinajstić information content (AvgIpc) is 3.03. The molecule has 0 saturated carbocycles. The predicted octanol–water partition coefficient (Wildman–Crippen LogP) is 5.54. The van der Waals surface area contributed by atoms with Crippen LogP contribution in [0.25, 0.3) is 16.9 Å². The zero-order valence-corrected chi connectivity index (χ0v) is 15.9. The van der Waals surface area contributed by atoms with E-state index in [1.807, 2.05) is 30.3 Å². The predicted molar refractivity (Wildman–Crippen MR) is 103 cm³/mol. The van der Waals surface area contributed by atoms with Crippen molar-refractivity contribution in [3.05, 3.63) is 66.0 Å². The second kappa shape index (κ2) is 8.24. The van der Waals surface area contributed by atoms with Gasteiger partial charge in [-0.05, 0) is 41.8 Å². The Kier molecular flexibility index (Phi) is 5.93. The van der Waals surface area contributed by atoms with Crippen LogP contribution < -0.4 is 5.73 Å². The summed E-state index contributed by atoms with van der Waals surface area (Å²) >= 11 is 0. The topological polar surface area (TPSA) is 53.1 Å². The largest absolute Gasteiger partial charge is 0.411 e. The number of nitrogens with two attached hydrogens (primary N) is 1.